The van der Waals surface area contributed by atoms with E-state index in [0.29, 0.717) is 5.91 Å². The number of carbonyl (C=O) groups excluding carboxylic acids is 1. The van der Waals surface area contributed by atoms with Gasteiger partial charge in [0.25, 0.3) is 0 Å². The van der Waals surface area contributed by atoms with Gasteiger partial charge in [0.05, 0.1) is 0 Å². The third kappa shape index (κ3) is 4.37. The minimum atomic E-state index is 0.292. The number of amides is 1. The predicted octanol–water partition coefficient (Wildman–Crippen LogP) is 1.60. The van der Waals surface area contributed by atoms with Gasteiger partial charge in [-0.3, -0.25) is 4.79 Å². The van der Waals surface area contributed by atoms with E-state index in [1.54, 1.807) is 17.1 Å². The van der Waals surface area contributed by atoms with Gasteiger partial charge in [0.15, 0.2) is 0 Å². The molecule has 1 aliphatic rings. The van der Waals surface area contributed by atoms with E-state index in [1.165, 1.54) is 0 Å². The highest BCUT2D eigenvalue weighted by Crippen LogP contribution is 2.04. The molecule has 0 aliphatic carbocycles. The number of likely N-dealkylation sites (tertiary alicyclic amines) is 1. The van der Waals surface area contributed by atoms with Crippen LogP contribution in [0.15, 0.2) is 25.3 Å². The first-order valence-corrected chi connectivity index (χ1v) is 3.69. The Morgan fingerprint density at radius 1 is 1.45 bits per heavy atom. The highest BCUT2D eigenvalue weighted by Gasteiger charge is 2.14. The lowest BCUT2D eigenvalue weighted by Gasteiger charge is -2.03. The minimum Gasteiger partial charge on any atom is -0.346 e. The van der Waals surface area contributed by atoms with E-state index in [1.807, 2.05) is 7.05 Å². The molecule has 11 heavy (non-hydrogen) atoms. The van der Waals surface area contributed by atoms with Crippen LogP contribution in [0.25, 0.3) is 0 Å². The van der Waals surface area contributed by atoms with Gasteiger partial charge in [0.2, 0.25) is 5.91 Å². The molecule has 1 aliphatic heterocycles. The van der Waals surface area contributed by atoms with Crippen molar-refractivity contribution in [2.45, 2.75) is 12.8 Å². The van der Waals surface area contributed by atoms with Gasteiger partial charge in [-0.05, 0) is 6.42 Å². The molecule has 62 valence electrons. The second-order valence-electron chi connectivity index (χ2n) is 2.39. The fraction of sp³-hybridized carbons (Fsp3) is 0.444. The molecule has 1 rings (SSSR count). The summed E-state index contributed by atoms with van der Waals surface area (Å²) in [5.74, 6) is 0.292. The maximum atomic E-state index is 10.5. The van der Waals surface area contributed by atoms with Gasteiger partial charge in [0, 0.05) is 20.0 Å². The lowest BCUT2D eigenvalue weighted by Crippen LogP contribution is -2.17. The van der Waals surface area contributed by atoms with Crippen molar-refractivity contribution in [3.8, 4) is 0 Å². The van der Waals surface area contributed by atoms with Crippen molar-refractivity contribution < 1.29 is 4.79 Å². The Balaban J connectivity index is 0.000000218. The van der Waals surface area contributed by atoms with Crippen molar-refractivity contribution in [1.29, 1.82) is 0 Å². The molecular formula is C9H15NO. The van der Waals surface area contributed by atoms with Crippen LogP contribution in [-0.2, 0) is 4.79 Å². The highest BCUT2D eigenvalue weighted by atomic mass is 16.2. The second kappa shape index (κ2) is 5.71. The SMILES string of the molecule is C=CC=C.CN1CCCC1=O. The zero-order chi connectivity index (χ0) is 8.69. The monoisotopic (exact) mass is 153 g/mol. The summed E-state index contributed by atoms with van der Waals surface area (Å²) in [6.45, 7) is 7.68. The van der Waals surface area contributed by atoms with E-state index in [9.17, 15) is 4.79 Å². The van der Waals surface area contributed by atoms with Crippen LogP contribution in [0.3, 0.4) is 0 Å². The Hall–Kier alpha value is -1.05. The Kier molecular flexibility index (Phi) is 5.17. The van der Waals surface area contributed by atoms with Gasteiger partial charge in [-0.25, -0.2) is 0 Å². The lowest BCUT2D eigenvalue weighted by atomic mass is 10.4. The molecule has 0 radical (unpaired) electrons. The highest BCUT2D eigenvalue weighted by molar-refractivity contribution is 5.77. The normalized spacial score (nSPS) is 15.4. The van der Waals surface area contributed by atoms with Crippen LogP contribution in [0.2, 0.25) is 0 Å². The summed E-state index contributed by atoms with van der Waals surface area (Å²) in [5.41, 5.74) is 0. The number of rotatable bonds is 1. The molecule has 0 aromatic rings. The van der Waals surface area contributed by atoms with E-state index in [0.717, 1.165) is 19.4 Å². The maximum Gasteiger partial charge on any atom is 0.222 e. The molecule has 0 bridgehead atoms. The molecule has 1 heterocycles. The van der Waals surface area contributed by atoms with Gasteiger partial charge in [-0.15, -0.1) is 0 Å². The van der Waals surface area contributed by atoms with Crippen molar-refractivity contribution in [2.24, 2.45) is 0 Å². The van der Waals surface area contributed by atoms with Crippen LogP contribution in [0.1, 0.15) is 12.8 Å². The van der Waals surface area contributed by atoms with E-state index >= 15 is 0 Å². The van der Waals surface area contributed by atoms with Crippen LogP contribution in [0.4, 0.5) is 0 Å². The first-order chi connectivity index (χ1) is 5.22. The number of nitrogens with zero attached hydrogens (tertiary/aromatic N) is 1. The van der Waals surface area contributed by atoms with Crippen molar-refractivity contribution >= 4 is 5.91 Å². The van der Waals surface area contributed by atoms with Crippen molar-refractivity contribution in [3.05, 3.63) is 25.3 Å². The molecule has 0 N–H and O–H groups in total. The number of carbonyl (C=O) groups is 1. The molecular weight excluding hydrogens is 138 g/mol. The Labute approximate surface area is 68.2 Å². The van der Waals surface area contributed by atoms with E-state index < -0.39 is 0 Å². The fourth-order valence-corrected chi connectivity index (χ4v) is 0.783. The summed E-state index contributed by atoms with van der Waals surface area (Å²) in [6.07, 6.45) is 5.09. The molecule has 0 aromatic carbocycles. The molecule has 0 unspecified atom stereocenters. The molecule has 1 amide bonds. The average molecular weight is 153 g/mol. The third-order valence-corrected chi connectivity index (χ3v) is 1.48. The van der Waals surface area contributed by atoms with Gasteiger partial charge in [0.1, 0.15) is 0 Å². The van der Waals surface area contributed by atoms with Crippen molar-refractivity contribution in [1.82, 2.24) is 4.90 Å². The predicted molar refractivity (Wildman–Crippen MR) is 47.3 cm³/mol. The van der Waals surface area contributed by atoms with Crippen LogP contribution in [0, 0.1) is 0 Å². The maximum absolute atomic E-state index is 10.5. The van der Waals surface area contributed by atoms with Crippen LogP contribution < -0.4 is 0 Å². The van der Waals surface area contributed by atoms with E-state index in [-0.39, 0.29) is 0 Å². The van der Waals surface area contributed by atoms with Crippen LogP contribution >= 0.6 is 0 Å². The number of hydrogen-bond acceptors (Lipinski definition) is 1. The standard InChI is InChI=1S/C5H9NO.C4H6/c1-6-4-2-3-5(6)7;1-3-4-2/h2-4H2,1H3;3-4H,1-2H2. The van der Waals surface area contributed by atoms with E-state index in [4.69, 9.17) is 0 Å². The summed E-state index contributed by atoms with van der Waals surface area (Å²) >= 11 is 0. The fourth-order valence-electron chi connectivity index (χ4n) is 0.783. The Bertz CT molecular complexity index is 146. The topological polar surface area (TPSA) is 20.3 Å². The zero-order valence-corrected chi connectivity index (χ0v) is 7.05. The molecule has 2 nitrogen and oxygen atoms in total. The first-order valence-electron chi connectivity index (χ1n) is 3.69. The lowest BCUT2D eigenvalue weighted by molar-refractivity contribution is -0.126. The quantitative estimate of drug-likeness (QED) is 0.524. The molecule has 0 saturated carbocycles. The summed E-state index contributed by atoms with van der Waals surface area (Å²) in [5, 5.41) is 0. The number of allylic oxidation sites excluding steroid dienone is 2. The molecule has 2 heteroatoms. The summed E-state index contributed by atoms with van der Waals surface area (Å²) in [7, 11) is 1.84. The zero-order valence-electron chi connectivity index (χ0n) is 7.05. The second-order valence-corrected chi connectivity index (χ2v) is 2.39. The third-order valence-electron chi connectivity index (χ3n) is 1.48. The summed E-state index contributed by atoms with van der Waals surface area (Å²) < 4.78 is 0. The van der Waals surface area contributed by atoms with Crippen LogP contribution in [0.5, 0.6) is 0 Å². The van der Waals surface area contributed by atoms with Gasteiger partial charge in [-0.2, -0.15) is 0 Å². The number of hydrogen-bond donors (Lipinski definition) is 0. The molecule has 0 aromatic heterocycles. The van der Waals surface area contributed by atoms with Crippen molar-refractivity contribution in [2.75, 3.05) is 13.6 Å². The Morgan fingerprint density at radius 2 is 2.00 bits per heavy atom. The molecule has 0 atom stereocenters. The van der Waals surface area contributed by atoms with Gasteiger partial charge in [-0.1, -0.05) is 25.3 Å². The summed E-state index contributed by atoms with van der Waals surface area (Å²) in [6, 6.07) is 0. The van der Waals surface area contributed by atoms with Crippen molar-refractivity contribution in [3.63, 3.8) is 0 Å². The molecule has 0 spiro atoms. The molecule has 1 fully saturated rings. The largest absolute Gasteiger partial charge is 0.346 e. The summed E-state index contributed by atoms with van der Waals surface area (Å²) in [4.78, 5) is 12.3. The smallest absolute Gasteiger partial charge is 0.222 e. The minimum absolute atomic E-state index is 0.292. The molecule has 1 saturated heterocycles. The Morgan fingerprint density at radius 3 is 2.09 bits per heavy atom. The van der Waals surface area contributed by atoms with Gasteiger partial charge < -0.3 is 4.90 Å². The van der Waals surface area contributed by atoms with Gasteiger partial charge >= 0.3 is 0 Å². The average Bonchev–Trinajstić information content (AvgIpc) is 2.37. The van der Waals surface area contributed by atoms with E-state index in [2.05, 4.69) is 13.2 Å². The van der Waals surface area contributed by atoms with Crippen LogP contribution in [-0.4, -0.2) is 24.4 Å². The first kappa shape index (κ1) is 9.95.